The van der Waals surface area contributed by atoms with Gasteiger partial charge in [0.2, 0.25) is 5.28 Å². The molecule has 0 saturated heterocycles. The summed E-state index contributed by atoms with van der Waals surface area (Å²) >= 11 is 15.8. The molecular formula is C24H20BrCl2FN6O2. The Kier molecular flexibility index (Phi) is 7.00. The van der Waals surface area contributed by atoms with Gasteiger partial charge in [0.05, 0.1) is 29.6 Å². The lowest BCUT2D eigenvalue weighted by atomic mass is 10.1. The number of benzene rings is 2. The molecule has 0 fully saturated rings. The van der Waals surface area contributed by atoms with Crippen molar-refractivity contribution in [3.05, 3.63) is 68.5 Å². The summed E-state index contributed by atoms with van der Waals surface area (Å²) in [4.78, 5) is 19.6. The fourth-order valence-corrected chi connectivity index (χ4v) is 4.90. The van der Waals surface area contributed by atoms with Gasteiger partial charge in [-0.05, 0) is 52.2 Å². The number of methoxy groups -OCH3 is 1. The summed E-state index contributed by atoms with van der Waals surface area (Å²) in [7, 11) is 1.63. The number of aromatic nitrogens is 4. The molecule has 1 N–H and O–H groups in total. The van der Waals surface area contributed by atoms with Crippen molar-refractivity contribution in [3.8, 4) is 11.5 Å². The minimum absolute atomic E-state index is 0.0207. The number of nitrogens with one attached hydrogen (secondary N) is 1. The first-order chi connectivity index (χ1) is 17.4. The third-order valence-electron chi connectivity index (χ3n) is 5.94. The largest absolute Gasteiger partial charge is 0.497 e. The Bertz CT molecular complexity index is 1440. The van der Waals surface area contributed by atoms with Crippen LogP contribution < -0.4 is 19.7 Å². The summed E-state index contributed by atoms with van der Waals surface area (Å²) in [5.74, 6) is 1.48. The molecular weight excluding hydrogens is 574 g/mol. The average molecular weight is 594 g/mol. The van der Waals surface area contributed by atoms with Gasteiger partial charge in [-0.2, -0.15) is 4.98 Å². The lowest BCUT2D eigenvalue weighted by Gasteiger charge is -2.30. The van der Waals surface area contributed by atoms with Crippen LogP contribution in [0.4, 0.5) is 16.0 Å². The molecule has 186 valence electrons. The van der Waals surface area contributed by atoms with Gasteiger partial charge in [-0.25, -0.2) is 14.4 Å². The number of hydrogen-bond donors (Lipinski definition) is 1. The van der Waals surface area contributed by atoms with E-state index in [4.69, 9.17) is 32.7 Å². The van der Waals surface area contributed by atoms with E-state index >= 15 is 4.39 Å². The van der Waals surface area contributed by atoms with E-state index in [1.165, 1.54) is 0 Å². The Morgan fingerprint density at radius 3 is 2.69 bits per heavy atom. The highest BCUT2D eigenvalue weighted by Gasteiger charge is 2.31. The second-order valence-electron chi connectivity index (χ2n) is 8.02. The highest BCUT2D eigenvalue weighted by atomic mass is 79.9. The summed E-state index contributed by atoms with van der Waals surface area (Å²) in [6.45, 7) is 3.20. The van der Waals surface area contributed by atoms with E-state index in [0.29, 0.717) is 41.6 Å². The van der Waals surface area contributed by atoms with Gasteiger partial charge < -0.3 is 19.7 Å². The highest BCUT2D eigenvalue weighted by molar-refractivity contribution is 9.10. The van der Waals surface area contributed by atoms with Gasteiger partial charge in [0.25, 0.3) is 0 Å². The second kappa shape index (κ2) is 10.2. The molecule has 0 bridgehead atoms. The Morgan fingerprint density at radius 1 is 1.19 bits per heavy atom. The van der Waals surface area contributed by atoms with E-state index in [0.717, 1.165) is 11.3 Å². The Morgan fingerprint density at radius 2 is 1.94 bits per heavy atom. The molecule has 2 aromatic carbocycles. The van der Waals surface area contributed by atoms with Crippen LogP contribution in [-0.2, 0) is 6.54 Å². The molecule has 1 aliphatic rings. The van der Waals surface area contributed by atoms with Gasteiger partial charge in [-0.1, -0.05) is 23.7 Å². The van der Waals surface area contributed by atoms with Crippen molar-refractivity contribution in [3.63, 3.8) is 0 Å². The van der Waals surface area contributed by atoms with Crippen LogP contribution in [0, 0.1) is 5.82 Å². The van der Waals surface area contributed by atoms with Crippen LogP contribution in [0.25, 0.3) is 10.9 Å². The summed E-state index contributed by atoms with van der Waals surface area (Å²) in [5.41, 5.74) is 1.76. The fourth-order valence-electron chi connectivity index (χ4n) is 4.14. The lowest BCUT2D eigenvalue weighted by Crippen LogP contribution is -2.32. The first kappa shape index (κ1) is 24.7. The maximum Gasteiger partial charge on any atom is 0.225 e. The summed E-state index contributed by atoms with van der Waals surface area (Å²) in [6.07, 6.45) is 3.25. The predicted molar refractivity (Wildman–Crippen MR) is 141 cm³/mol. The van der Waals surface area contributed by atoms with Crippen LogP contribution in [0.2, 0.25) is 10.3 Å². The molecule has 36 heavy (non-hydrogen) atoms. The molecule has 0 radical (unpaired) electrons. The number of hydrogen-bond acceptors (Lipinski definition) is 8. The minimum atomic E-state index is -0.635. The summed E-state index contributed by atoms with van der Waals surface area (Å²) in [6, 6.07) is 7.43. The van der Waals surface area contributed by atoms with E-state index < -0.39 is 5.82 Å². The maximum absolute atomic E-state index is 15.1. The predicted octanol–water partition coefficient (Wildman–Crippen LogP) is 6.21. The van der Waals surface area contributed by atoms with Crippen LogP contribution in [0.5, 0.6) is 11.5 Å². The van der Waals surface area contributed by atoms with Gasteiger partial charge >= 0.3 is 0 Å². The molecule has 5 rings (SSSR count). The van der Waals surface area contributed by atoms with Gasteiger partial charge in [-0.15, -0.1) is 0 Å². The second-order valence-corrected chi connectivity index (χ2v) is 9.53. The Labute approximate surface area is 224 Å². The van der Waals surface area contributed by atoms with E-state index in [1.807, 2.05) is 36.1 Å². The molecule has 0 spiro atoms. The fraction of sp³-hybridized carbons (Fsp3) is 0.250. The standard InChI is InChI=1S/C24H20BrCl2FN6O2/c1-12(19-22(30-8-7-29-19)31-11-13-3-5-14(35-2)6-4-13)34-9-10-36-21-15-20(18(28)16(25)17(21)26)32-24(27)33-23(15)34/h3-8,12H,9-11H2,1-2H3,(H,30,31)/t12-/m1/s1. The maximum atomic E-state index is 15.1. The number of nitrogens with zero attached hydrogens (tertiary/aromatic N) is 5. The molecule has 12 heteroatoms. The first-order valence-electron chi connectivity index (χ1n) is 11.0. The highest BCUT2D eigenvalue weighted by Crippen LogP contribution is 2.47. The number of ether oxygens (including phenoxy) is 2. The zero-order valence-electron chi connectivity index (χ0n) is 19.2. The first-order valence-corrected chi connectivity index (χ1v) is 12.5. The molecule has 0 aliphatic carbocycles. The lowest BCUT2D eigenvalue weighted by molar-refractivity contribution is 0.327. The van der Waals surface area contributed by atoms with Crippen molar-refractivity contribution in [1.29, 1.82) is 0 Å². The van der Waals surface area contributed by atoms with E-state index in [2.05, 4.69) is 41.2 Å². The molecule has 0 amide bonds. The zero-order valence-corrected chi connectivity index (χ0v) is 22.3. The van der Waals surface area contributed by atoms with Crippen molar-refractivity contribution < 1.29 is 13.9 Å². The van der Waals surface area contributed by atoms with Crippen molar-refractivity contribution in [2.45, 2.75) is 19.5 Å². The topological polar surface area (TPSA) is 85.3 Å². The van der Waals surface area contributed by atoms with Gasteiger partial charge in [0.15, 0.2) is 11.6 Å². The number of halogens is 4. The SMILES string of the molecule is COc1ccc(CNc2nccnc2[C@@H](C)N2CCOc3c(Cl)c(Br)c(F)c4nc(Cl)nc2c34)cc1. The molecule has 1 atom stereocenters. The monoisotopic (exact) mass is 592 g/mol. The van der Waals surface area contributed by atoms with Crippen LogP contribution >= 0.6 is 39.1 Å². The smallest absolute Gasteiger partial charge is 0.225 e. The number of rotatable bonds is 6. The molecule has 8 nitrogen and oxygen atoms in total. The van der Waals surface area contributed by atoms with Crippen LogP contribution in [0.15, 0.2) is 41.1 Å². The van der Waals surface area contributed by atoms with E-state index in [9.17, 15) is 0 Å². The number of anilines is 2. The molecule has 3 heterocycles. The molecule has 1 aliphatic heterocycles. The van der Waals surface area contributed by atoms with E-state index in [-0.39, 0.29) is 32.9 Å². The summed E-state index contributed by atoms with van der Waals surface area (Å²) in [5, 5.41) is 3.74. The zero-order chi connectivity index (χ0) is 25.4. The van der Waals surface area contributed by atoms with Crippen molar-refractivity contribution >= 4 is 61.7 Å². The van der Waals surface area contributed by atoms with Crippen LogP contribution in [0.1, 0.15) is 24.2 Å². The quantitative estimate of drug-likeness (QED) is 0.209. The molecule has 0 unspecified atom stereocenters. The summed E-state index contributed by atoms with van der Waals surface area (Å²) < 4.78 is 26.4. The van der Waals surface area contributed by atoms with E-state index in [1.54, 1.807) is 19.5 Å². The molecule has 0 saturated carbocycles. The normalized spacial score (nSPS) is 13.8. The van der Waals surface area contributed by atoms with Crippen molar-refractivity contribution in [2.24, 2.45) is 0 Å². The van der Waals surface area contributed by atoms with Crippen LogP contribution in [0.3, 0.4) is 0 Å². The molecule has 4 aromatic rings. The van der Waals surface area contributed by atoms with Gasteiger partial charge in [-0.3, -0.25) is 4.98 Å². The Balaban J connectivity index is 1.53. The van der Waals surface area contributed by atoms with Crippen molar-refractivity contribution in [2.75, 3.05) is 30.5 Å². The Hall–Kier alpha value is -2.95. The average Bonchev–Trinajstić information content (AvgIpc) is 3.09. The van der Waals surface area contributed by atoms with Crippen molar-refractivity contribution in [1.82, 2.24) is 19.9 Å². The van der Waals surface area contributed by atoms with Crippen LogP contribution in [-0.4, -0.2) is 40.2 Å². The minimum Gasteiger partial charge on any atom is -0.497 e. The molecule has 2 aromatic heterocycles. The third kappa shape index (κ3) is 4.49. The van der Waals surface area contributed by atoms with Gasteiger partial charge in [0, 0.05) is 18.9 Å². The van der Waals surface area contributed by atoms with Gasteiger partial charge in [0.1, 0.15) is 40.2 Å². The third-order valence-corrected chi connectivity index (χ3v) is 7.44.